The molecule has 28 heavy (non-hydrogen) atoms. The lowest BCUT2D eigenvalue weighted by molar-refractivity contribution is 0.302. The molecule has 144 valence electrons. The van der Waals surface area contributed by atoms with Gasteiger partial charge in [-0.3, -0.25) is 9.78 Å². The van der Waals surface area contributed by atoms with E-state index >= 15 is 0 Å². The summed E-state index contributed by atoms with van der Waals surface area (Å²) in [6.07, 6.45) is 6.48. The van der Waals surface area contributed by atoms with Crippen molar-refractivity contribution in [2.45, 2.75) is 63.5 Å². The molecular weight excluding hydrogens is 348 g/mol. The van der Waals surface area contributed by atoms with Crippen molar-refractivity contribution < 1.29 is 0 Å². The van der Waals surface area contributed by atoms with Crippen molar-refractivity contribution in [1.82, 2.24) is 14.8 Å². The Balaban J connectivity index is 1.31. The maximum Gasteiger partial charge on any atom is 0.267 e. The van der Waals surface area contributed by atoms with Crippen LogP contribution in [-0.4, -0.2) is 20.8 Å². The smallest absolute Gasteiger partial charge is 0.267 e. The van der Waals surface area contributed by atoms with Crippen molar-refractivity contribution in [2.75, 3.05) is 5.32 Å². The van der Waals surface area contributed by atoms with E-state index in [1.807, 2.05) is 19.1 Å². The van der Waals surface area contributed by atoms with Gasteiger partial charge in [-0.05, 0) is 63.6 Å². The van der Waals surface area contributed by atoms with E-state index in [0.717, 1.165) is 48.3 Å². The number of hydrogen-bond acceptors (Lipinski definition) is 4. The van der Waals surface area contributed by atoms with Crippen molar-refractivity contribution >= 4 is 16.6 Å². The summed E-state index contributed by atoms with van der Waals surface area (Å²) < 4.78 is 1.76. The highest BCUT2D eigenvalue weighted by Crippen LogP contribution is 2.39. The molecule has 5 nitrogen and oxygen atoms in total. The molecule has 2 aliphatic rings. The second-order valence-corrected chi connectivity index (χ2v) is 8.29. The Labute approximate surface area is 164 Å². The maximum absolute atomic E-state index is 12.3. The molecule has 5 heteroatoms. The molecule has 1 N–H and O–H groups in total. The summed E-state index contributed by atoms with van der Waals surface area (Å²) in [7, 11) is 0. The topological polar surface area (TPSA) is 59.8 Å². The Morgan fingerprint density at radius 3 is 2.57 bits per heavy atom. The van der Waals surface area contributed by atoms with E-state index in [1.54, 1.807) is 10.7 Å². The Hall–Kier alpha value is -2.69. The fraction of sp³-hybridized carbons (Fsp3) is 0.435. The zero-order valence-electron chi connectivity index (χ0n) is 16.3. The van der Waals surface area contributed by atoms with E-state index in [4.69, 9.17) is 5.10 Å². The van der Waals surface area contributed by atoms with Crippen LogP contribution in [0.1, 0.15) is 61.9 Å². The van der Waals surface area contributed by atoms with E-state index in [1.165, 1.54) is 18.2 Å². The quantitative estimate of drug-likeness (QED) is 0.726. The van der Waals surface area contributed by atoms with Crippen molar-refractivity contribution in [3.8, 4) is 0 Å². The van der Waals surface area contributed by atoms with Crippen LogP contribution in [0.5, 0.6) is 0 Å². The number of rotatable bonds is 4. The van der Waals surface area contributed by atoms with Gasteiger partial charge in [0.1, 0.15) is 0 Å². The lowest BCUT2D eigenvalue weighted by Gasteiger charge is -2.30. The first-order chi connectivity index (χ1) is 13.7. The summed E-state index contributed by atoms with van der Waals surface area (Å²) in [6.45, 7) is 2.04. The molecule has 1 aromatic carbocycles. The fourth-order valence-electron chi connectivity index (χ4n) is 4.41. The number of aromatic nitrogens is 3. The number of anilines is 1. The summed E-state index contributed by atoms with van der Waals surface area (Å²) >= 11 is 0. The Morgan fingerprint density at radius 1 is 1.00 bits per heavy atom. The highest BCUT2D eigenvalue weighted by atomic mass is 16.1. The largest absolute Gasteiger partial charge is 0.382 e. The molecule has 0 amide bonds. The van der Waals surface area contributed by atoms with Crippen LogP contribution in [0, 0.1) is 6.92 Å². The SMILES string of the molecule is Cc1cc(NC2CCC(n3nc(C4CC4)ccc3=O)CC2)c2ccccc2n1. The van der Waals surface area contributed by atoms with Gasteiger partial charge < -0.3 is 5.32 Å². The first kappa shape index (κ1) is 17.4. The highest BCUT2D eigenvalue weighted by Gasteiger charge is 2.28. The molecule has 0 bridgehead atoms. The van der Waals surface area contributed by atoms with Crippen LogP contribution in [0.25, 0.3) is 10.9 Å². The second kappa shape index (κ2) is 7.04. The number of pyridine rings is 1. The van der Waals surface area contributed by atoms with Crippen molar-refractivity contribution in [3.05, 3.63) is 64.2 Å². The first-order valence-electron chi connectivity index (χ1n) is 10.4. The summed E-state index contributed by atoms with van der Waals surface area (Å²) in [5.41, 5.74) is 4.36. The predicted molar refractivity (Wildman–Crippen MR) is 112 cm³/mol. The predicted octanol–water partition coefficient (Wildman–Crippen LogP) is 4.57. The molecule has 5 rings (SSSR count). The minimum Gasteiger partial charge on any atom is -0.382 e. The van der Waals surface area contributed by atoms with E-state index in [0.29, 0.717) is 12.0 Å². The zero-order chi connectivity index (χ0) is 19.1. The van der Waals surface area contributed by atoms with Gasteiger partial charge in [-0.2, -0.15) is 5.10 Å². The Kier molecular flexibility index (Phi) is 4.38. The number of nitrogens with one attached hydrogen (secondary N) is 1. The van der Waals surface area contributed by atoms with Crippen LogP contribution in [0.15, 0.2) is 47.3 Å². The van der Waals surface area contributed by atoms with Crippen LogP contribution in [0.2, 0.25) is 0 Å². The van der Waals surface area contributed by atoms with Gasteiger partial charge in [0.2, 0.25) is 0 Å². The molecule has 0 spiro atoms. The zero-order valence-corrected chi connectivity index (χ0v) is 16.3. The molecule has 0 atom stereocenters. The van der Waals surface area contributed by atoms with Crippen LogP contribution in [0.3, 0.4) is 0 Å². The normalized spacial score (nSPS) is 22.3. The molecular formula is C23H26N4O. The van der Waals surface area contributed by atoms with Gasteiger partial charge in [0.05, 0.1) is 17.3 Å². The summed E-state index contributed by atoms with van der Waals surface area (Å²) in [5, 5.41) is 9.61. The summed E-state index contributed by atoms with van der Waals surface area (Å²) in [6, 6.07) is 14.7. The van der Waals surface area contributed by atoms with Crippen molar-refractivity contribution in [2.24, 2.45) is 0 Å². The molecule has 0 aliphatic heterocycles. The molecule has 3 aromatic rings. The lowest BCUT2D eigenvalue weighted by atomic mass is 9.91. The van der Waals surface area contributed by atoms with Gasteiger partial charge in [0, 0.05) is 34.8 Å². The van der Waals surface area contributed by atoms with Crippen LogP contribution >= 0.6 is 0 Å². The Morgan fingerprint density at radius 2 is 1.79 bits per heavy atom. The number of benzene rings is 1. The monoisotopic (exact) mass is 374 g/mol. The van der Waals surface area contributed by atoms with Crippen LogP contribution < -0.4 is 10.9 Å². The number of fused-ring (bicyclic) bond motifs is 1. The number of para-hydroxylation sites is 1. The van der Waals surface area contributed by atoms with Gasteiger partial charge in [-0.1, -0.05) is 18.2 Å². The van der Waals surface area contributed by atoms with E-state index < -0.39 is 0 Å². The summed E-state index contributed by atoms with van der Waals surface area (Å²) in [4.78, 5) is 17.0. The molecule has 2 heterocycles. The first-order valence-corrected chi connectivity index (χ1v) is 10.4. The molecule has 2 fully saturated rings. The minimum atomic E-state index is 0.0385. The number of aryl methyl sites for hydroxylation is 1. The summed E-state index contributed by atoms with van der Waals surface area (Å²) in [5.74, 6) is 0.577. The molecule has 2 aromatic heterocycles. The third-order valence-electron chi connectivity index (χ3n) is 6.09. The van der Waals surface area contributed by atoms with Gasteiger partial charge in [-0.25, -0.2) is 4.68 Å². The van der Waals surface area contributed by atoms with Crippen LogP contribution in [-0.2, 0) is 0 Å². The lowest BCUT2D eigenvalue weighted by Crippen LogP contribution is -2.33. The van der Waals surface area contributed by atoms with Gasteiger partial charge in [-0.15, -0.1) is 0 Å². The van der Waals surface area contributed by atoms with E-state index in [-0.39, 0.29) is 11.6 Å². The van der Waals surface area contributed by atoms with Gasteiger partial charge >= 0.3 is 0 Å². The van der Waals surface area contributed by atoms with E-state index in [2.05, 4.69) is 34.6 Å². The Bertz CT molecular complexity index is 1060. The van der Waals surface area contributed by atoms with Crippen molar-refractivity contribution in [3.63, 3.8) is 0 Å². The number of nitrogens with zero attached hydrogens (tertiary/aromatic N) is 3. The maximum atomic E-state index is 12.3. The molecule has 0 radical (unpaired) electrons. The highest BCUT2D eigenvalue weighted by molar-refractivity contribution is 5.91. The van der Waals surface area contributed by atoms with E-state index in [9.17, 15) is 4.79 Å². The standard InChI is InChI=1S/C23H26N4O/c1-15-14-22(19-4-2-3-5-21(19)24-15)25-17-8-10-18(11-9-17)27-23(28)13-12-20(26-27)16-6-7-16/h2-5,12-14,16-18H,6-11H2,1H3,(H,24,25). The van der Waals surface area contributed by atoms with Gasteiger partial charge in [0.25, 0.3) is 5.56 Å². The average Bonchev–Trinajstić information content (AvgIpc) is 3.54. The van der Waals surface area contributed by atoms with Crippen molar-refractivity contribution in [1.29, 1.82) is 0 Å². The fourth-order valence-corrected chi connectivity index (χ4v) is 4.41. The third-order valence-corrected chi connectivity index (χ3v) is 6.09. The van der Waals surface area contributed by atoms with Crippen LogP contribution in [0.4, 0.5) is 5.69 Å². The average molecular weight is 374 g/mol. The molecule has 2 saturated carbocycles. The number of hydrogen-bond donors (Lipinski definition) is 1. The second-order valence-electron chi connectivity index (χ2n) is 8.29. The molecule has 0 saturated heterocycles. The third kappa shape index (κ3) is 3.41. The van der Waals surface area contributed by atoms with Gasteiger partial charge in [0.15, 0.2) is 0 Å². The molecule has 2 aliphatic carbocycles. The molecule has 0 unspecified atom stereocenters. The minimum absolute atomic E-state index is 0.0385.